The molecular weight excluding hydrogens is 365 g/mol. The molecule has 0 saturated heterocycles. The van der Waals surface area contributed by atoms with Crippen molar-refractivity contribution in [2.24, 2.45) is 0 Å². The molecule has 25 heavy (non-hydrogen) atoms. The fourth-order valence-electron chi connectivity index (χ4n) is 1.96. The lowest BCUT2D eigenvalue weighted by Gasteiger charge is -2.09. The van der Waals surface area contributed by atoms with Crippen LogP contribution < -0.4 is 10.1 Å². The number of halogens is 2. The van der Waals surface area contributed by atoms with Gasteiger partial charge in [0.1, 0.15) is 5.75 Å². The summed E-state index contributed by atoms with van der Waals surface area (Å²) in [5.41, 5.74) is 2.61. The number of hydrogen-bond acceptors (Lipinski definition) is 4. The number of carbonyl (C=O) groups is 2. The highest BCUT2D eigenvalue weighted by atomic mass is 35.5. The van der Waals surface area contributed by atoms with Crippen LogP contribution >= 0.6 is 23.2 Å². The van der Waals surface area contributed by atoms with Gasteiger partial charge in [-0.15, -0.1) is 0 Å². The summed E-state index contributed by atoms with van der Waals surface area (Å²) >= 11 is 11.7. The van der Waals surface area contributed by atoms with Crippen molar-refractivity contribution in [1.82, 2.24) is 0 Å². The molecule has 0 bridgehead atoms. The molecular formula is C18H17Cl2NO4. The molecule has 0 aliphatic rings. The Balaban J connectivity index is 1.77. The zero-order chi connectivity index (χ0) is 18.4. The molecule has 0 saturated carbocycles. The van der Waals surface area contributed by atoms with Gasteiger partial charge >= 0.3 is 5.97 Å². The smallest absolute Gasteiger partial charge is 0.344 e. The standard InChI is InChI=1S/C18H17Cl2NO4/c1-11-3-4-16(5-12(11)2)24-10-18(23)25-9-17(22)21-15-7-13(19)6-14(20)8-15/h3-8H,9-10H2,1-2H3,(H,21,22). The van der Waals surface area contributed by atoms with Crippen molar-refractivity contribution in [3.05, 3.63) is 57.6 Å². The number of rotatable bonds is 6. The first-order valence-electron chi connectivity index (χ1n) is 7.45. The largest absolute Gasteiger partial charge is 0.482 e. The first-order valence-corrected chi connectivity index (χ1v) is 8.20. The quantitative estimate of drug-likeness (QED) is 0.762. The summed E-state index contributed by atoms with van der Waals surface area (Å²) in [6.07, 6.45) is 0. The topological polar surface area (TPSA) is 64.6 Å². The summed E-state index contributed by atoms with van der Waals surface area (Å²) in [6, 6.07) is 10.1. The summed E-state index contributed by atoms with van der Waals surface area (Å²) in [5.74, 6) is -0.576. The third-order valence-electron chi connectivity index (χ3n) is 3.35. The molecule has 0 aliphatic heterocycles. The van der Waals surface area contributed by atoms with Crippen molar-refractivity contribution in [3.8, 4) is 5.75 Å². The Bertz CT molecular complexity index is 772. The molecule has 0 heterocycles. The number of esters is 1. The predicted molar refractivity (Wildman–Crippen MR) is 97.5 cm³/mol. The van der Waals surface area contributed by atoms with Gasteiger partial charge in [-0.1, -0.05) is 29.3 Å². The van der Waals surface area contributed by atoms with Gasteiger partial charge in [-0.2, -0.15) is 0 Å². The number of hydrogen-bond donors (Lipinski definition) is 1. The highest BCUT2D eigenvalue weighted by Gasteiger charge is 2.10. The molecule has 2 aromatic rings. The maximum atomic E-state index is 11.8. The Kier molecular flexibility index (Phi) is 6.67. The van der Waals surface area contributed by atoms with Gasteiger partial charge in [0.05, 0.1) is 0 Å². The van der Waals surface area contributed by atoms with Crippen LogP contribution in [0.3, 0.4) is 0 Å². The molecule has 7 heteroatoms. The van der Waals surface area contributed by atoms with E-state index >= 15 is 0 Å². The third-order valence-corrected chi connectivity index (χ3v) is 3.78. The van der Waals surface area contributed by atoms with Crippen LogP contribution in [0, 0.1) is 13.8 Å². The second kappa shape index (κ2) is 8.74. The molecule has 0 radical (unpaired) electrons. The molecule has 1 amide bonds. The first-order chi connectivity index (χ1) is 11.8. The number of carbonyl (C=O) groups excluding carboxylic acids is 2. The van der Waals surface area contributed by atoms with Crippen LogP contribution in [0.1, 0.15) is 11.1 Å². The summed E-state index contributed by atoms with van der Waals surface area (Å²) in [5, 5.41) is 3.32. The van der Waals surface area contributed by atoms with Crippen LogP contribution in [0.5, 0.6) is 5.75 Å². The molecule has 2 rings (SSSR count). The number of amides is 1. The lowest BCUT2D eigenvalue weighted by atomic mass is 10.1. The van der Waals surface area contributed by atoms with E-state index in [2.05, 4.69) is 5.32 Å². The summed E-state index contributed by atoms with van der Waals surface area (Å²) < 4.78 is 10.2. The average Bonchev–Trinajstić information content (AvgIpc) is 2.53. The van der Waals surface area contributed by atoms with Crippen LogP contribution in [-0.2, 0) is 14.3 Å². The van der Waals surface area contributed by atoms with Gasteiger partial charge in [-0.25, -0.2) is 4.79 Å². The van der Waals surface area contributed by atoms with Crippen LogP contribution in [0.4, 0.5) is 5.69 Å². The van der Waals surface area contributed by atoms with Crippen LogP contribution in [0.25, 0.3) is 0 Å². The zero-order valence-corrected chi connectivity index (χ0v) is 15.3. The Hall–Kier alpha value is -2.24. The molecule has 1 N–H and O–H groups in total. The van der Waals surface area contributed by atoms with E-state index in [1.165, 1.54) is 12.1 Å². The second-order valence-corrected chi connectivity index (χ2v) is 6.27. The van der Waals surface area contributed by atoms with Crippen molar-refractivity contribution in [1.29, 1.82) is 0 Å². The lowest BCUT2D eigenvalue weighted by Crippen LogP contribution is -2.23. The number of nitrogens with one attached hydrogen (secondary N) is 1. The maximum absolute atomic E-state index is 11.8. The van der Waals surface area contributed by atoms with Gasteiger partial charge < -0.3 is 14.8 Å². The minimum atomic E-state index is -0.641. The van der Waals surface area contributed by atoms with Crippen LogP contribution in [-0.4, -0.2) is 25.1 Å². The Morgan fingerprint density at radius 2 is 1.64 bits per heavy atom. The Labute approximate surface area is 155 Å². The Morgan fingerprint density at radius 3 is 2.28 bits per heavy atom. The summed E-state index contributed by atoms with van der Waals surface area (Å²) in [4.78, 5) is 23.4. The minimum Gasteiger partial charge on any atom is -0.482 e. The third kappa shape index (κ3) is 6.29. The Morgan fingerprint density at radius 1 is 0.960 bits per heavy atom. The zero-order valence-electron chi connectivity index (χ0n) is 13.8. The SMILES string of the molecule is Cc1ccc(OCC(=O)OCC(=O)Nc2cc(Cl)cc(Cl)c2)cc1C. The van der Waals surface area contributed by atoms with Gasteiger partial charge in [0, 0.05) is 15.7 Å². The van der Waals surface area contributed by atoms with Gasteiger partial charge in [-0.05, 0) is 55.3 Å². The molecule has 0 spiro atoms. The van der Waals surface area contributed by atoms with E-state index in [1.54, 1.807) is 12.1 Å². The normalized spacial score (nSPS) is 10.2. The van der Waals surface area contributed by atoms with E-state index in [-0.39, 0.29) is 6.61 Å². The highest BCUT2D eigenvalue weighted by Crippen LogP contribution is 2.22. The summed E-state index contributed by atoms with van der Waals surface area (Å²) in [6.45, 7) is 3.23. The average molecular weight is 382 g/mol. The van der Waals surface area contributed by atoms with Crippen molar-refractivity contribution in [3.63, 3.8) is 0 Å². The first kappa shape index (κ1) is 19.1. The van der Waals surface area contributed by atoms with E-state index in [9.17, 15) is 9.59 Å². The van der Waals surface area contributed by atoms with Gasteiger partial charge in [0.15, 0.2) is 13.2 Å². The van der Waals surface area contributed by atoms with Gasteiger partial charge in [0.25, 0.3) is 5.91 Å². The minimum absolute atomic E-state index is 0.279. The highest BCUT2D eigenvalue weighted by molar-refractivity contribution is 6.35. The van der Waals surface area contributed by atoms with Gasteiger partial charge in [-0.3, -0.25) is 4.79 Å². The molecule has 0 fully saturated rings. The van der Waals surface area contributed by atoms with Crippen LogP contribution in [0.15, 0.2) is 36.4 Å². The van der Waals surface area contributed by atoms with E-state index in [4.69, 9.17) is 32.7 Å². The molecule has 0 atom stereocenters. The monoisotopic (exact) mass is 381 g/mol. The predicted octanol–water partition coefficient (Wildman–Crippen LogP) is 4.17. The molecule has 2 aromatic carbocycles. The lowest BCUT2D eigenvalue weighted by molar-refractivity contribution is -0.149. The number of aryl methyl sites for hydroxylation is 2. The van der Waals surface area contributed by atoms with Crippen molar-refractivity contribution in [2.45, 2.75) is 13.8 Å². The van der Waals surface area contributed by atoms with E-state index in [1.807, 2.05) is 26.0 Å². The molecule has 0 aromatic heterocycles. The molecule has 132 valence electrons. The van der Waals surface area contributed by atoms with E-state index < -0.39 is 18.5 Å². The van der Waals surface area contributed by atoms with Crippen molar-refractivity contribution < 1.29 is 19.1 Å². The fraction of sp³-hybridized carbons (Fsp3) is 0.222. The van der Waals surface area contributed by atoms with Gasteiger partial charge in [0.2, 0.25) is 0 Å². The molecule has 0 unspecified atom stereocenters. The van der Waals surface area contributed by atoms with Crippen LogP contribution in [0.2, 0.25) is 10.0 Å². The second-order valence-electron chi connectivity index (χ2n) is 5.40. The number of benzene rings is 2. The fourth-order valence-corrected chi connectivity index (χ4v) is 2.48. The maximum Gasteiger partial charge on any atom is 0.344 e. The van der Waals surface area contributed by atoms with E-state index in [0.717, 1.165) is 11.1 Å². The summed E-state index contributed by atoms with van der Waals surface area (Å²) in [7, 11) is 0. The number of anilines is 1. The molecule has 0 aliphatic carbocycles. The van der Waals surface area contributed by atoms with Crippen molar-refractivity contribution >= 4 is 40.8 Å². The van der Waals surface area contributed by atoms with E-state index in [0.29, 0.717) is 21.5 Å². The molecule has 5 nitrogen and oxygen atoms in total. The number of ether oxygens (including phenoxy) is 2. The van der Waals surface area contributed by atoms with Crippen molar-refractivity contribution in [2.75, 3.05) is 18.5 Å².